The molecule has 0 atom stereocenters. The van der Waals surface area contributed by atoms with Crippen molar-refractivity contribution in [3.8, 4) is 17.0 Å². The van der Waals surface area contributed by atoms with E-state index in [4.69, 9.17) is 14.6 Å². The summed E-state index contributed by atoms with van der Waals surface area (Å²) in [4.78, 5) is 13.5. The molecule has 0 unspecified atom stereocenters. The zero-order chi connectivity index (χ0) is 22.5. The molecule has 170 valence electrons. The predicted molar refractivity (Wildman–Crippen MR) is 126 cm³/mol. The van der Waals surface area contributed by atoms with Gasteiger partial charge in [0.05, 0.1) is 53.6 Å². The highest BCUT2D eigenvalue weighted by molar-refractivity contribution is 5.96. The lowest BCUT2D eigenvalue weighted by atomic mass is 10.1. The van der Waals surface area contributed by atoms with E-state index in [1.54, 1.807) is 11.8 Å². The van der Waals surface area contributed by atoms with Crippen LogP contribution in [-0.4, -0.2) is 42.2 Å². The molecule has 0 radical (unpaired) electrons. The molecule has 5 aliphatic rings. The Morgan fingerprint density at radius 1 is 1.12 bits per heavy atom. The number of hydrazine groups is 2. The number of rotatable bonds is 4. The summed E-state index contributed by atoms with van der Waals surface area (Å²) in [6, 6.07) is 12.1. The van der Waals surface area contributed by atoms with Crippen LogP contribution < -0.4 is 26.2 Å². The first kappa shape index (κ1) is 19.9. The third kappa shape index (κ3) is 3.19. The third-order valence-electron chi connectivity index (χ3n) is 6.63. The molecular weight excluding hydrogens is 420 g/mol. The minimum absolute atomic E-state index is 0.0484. The van der Waals surface area contributed by atoms with Crippen molar-refractivity contribution in [2.45, 2.75) is 25.4 Å². The molecule has 1 aliphatic carbocycles. The Hall–Kier alpha value is -3.72. The zero-order valence-corrected chi connectivity index (χ0v) is 18.7. The summed E-state index contributed by atoms with van der Waals surface area (Å²) in [5.41, 5.74) is 13.0. The van der Waals surface area contributed by atoms with Gasteiger partial charge >= 0.3 is 0 Å². The van der Waals surface area contributed by atoms with Crippen molar-refractivity contribution in [1.29, 1.82) is 0 Å². The van der Waals surface area contributed by atoms with E-state index >= 15 is 0 Å². The number of hydrogen-bond donors (Lipinski definition) is 2. The van der Waals surface area contributed by atoms with E-state index in [1.807, 2.05) is 42.5 Å². The molecule has 9 nitrogen and oxygen atoms in total. The first-order valence-electron chi connectivity index (χ1n) is 11.2. The molecule has 1 aromatic carbocycles. The molecule has 1 saturated heterocycles. The number of methoxy groups -OCH3 is 1. The first-order valence-corrected chi connectivity index (χ1v) is 11.2. The summed E-state index contributed by atoms with van der Waals surface area (Å²) < 4.78 is 12.4. The lowest BCUT2D eigenvalue weighted by molar-refractivity contribution is 0.0655. The molecule has 2 N–H and O–H groups in total. The van der Waals surface area contributed by atoms with E-state index in [0.29, 0.717) is 31.0 Å². The highest BCUT2D eigenvalue weighted by Crippen LogP contribution is 2.45. The molecule has 4 heterocycles. The monoisotopic (exact) mass is 446 g/mol. The van der Waals surface area contributed by atoms with Gasteiger partial charge in [0.25, 0.3) is 5.56 Å². The standard InChI is InChI=1S/C24H26N6O3/c1-28-20-13-25-29(14-15-3-5-17(32-2)6-4-15)19-8-7-18-21(23(27-28)22(19)20)24(31)30(26-18)16-9-11-33-12-10-16/h3-8,13,16,25,27H,9-12,14H2,1-2H3. The van der Waals surface area contributed by atoms with E-state index in [1.165, 1.54) is 0 Å². The van der Waals surface area contributed by atoms with Gasteiger partial charge in [0.1, 0.15) is 5.75 Å². The van der Waals surface area contributed by atoms with Gasteiger partial charge in [-0.1, -0.05) is 12.1 Å². The summed E-state index contributed by atoms with van der Waals surface area (Å²) in [6.07, 6.45) is 3.58. The molecule has 0 amide bonds. The number of anilines is 2. The van der Waals surface area contributed by atoms with Gasteiger partial charge in [0, 0.05) is 26.5 Å². The Kier molecular flexibility index (Phi) is 4.65. The lowest BCUT2D eigenvalue weighted by Crippen LogP contribution is -2.37. The maximum absolute atomic E-state index is 13.5. The maximum Gasteiger partial charge on any atom is 0.278 e. The van der Waals surface area contributed by atoms with E-state index in [0.717, 1.165) is 46.8 Å². The number of nitrogens with one attached hydrogen (secondary N) is 2. The Morgan fingerprint density at radius 3 is 2.67 bits per heavy atom. The van der Waals surface area contributed by atoms with Crippen LogP contribution in [0.3, 0.4) is 0 Å². The minimum Gasteiger partial charge on any atom is -0.497 e. The summed E-state index contributed by atoms with van der Waals surface area (Å²) in [7, 11) is 3.62. The lowest BCUT2D eigenvalue weighted by Gasteiger charge is -2.30. The van der Waals surface area contributed by atoms with E-state index in [-0.39, 0.29) is 11.6 Å². The second-order valence-corrected chi connectivity index (χ2v) is 8.59. The van der Waals surface area contributed by atoms with E-state index in [2.05, 4.69) is 28.0 Å². The molecule has 0 saturated carbocycles. The average Bonchev–Trinajstić information content (AvgIpc) is 3.29. The Labute approximate surface area is 191 Å². The second-order valence-electron chi connectivity index (χ2n) is 8.59. The Bertz CT molecular complexity index is 1260. The SMILES string of the molecule is COc1ccc(CN2NC=C3c4c2ccc2nn(C5CCOCC5)c(=O)c-2c4NN3C)cc1. The van der Waals surface area contributed by atoms with Gasteiger partial charge in [-0.05, 0) is 42.7 Å². The number of benzene rings is 1. The van der Waals surface area contributed by atoms with Gasteiger partial charge in [-0.2, -0.15) is 5.10 Å². The highest BCUT2D eigenvalue weighted by atomic mass is 16.5. The van der Waals surface area contributed by atoms with Gasteiger partial charge in [0.2, 0.25) is 0 Å². The third-order valence-corrected chi connectivity index (χ3v) is 6.63. The molecule has 0 aromatic heterocycles. The van der Waals surface area contributed by atoms with Crippen molar-refractivity contribution in [3.63, 3.8) is 0 Å². The summed E-state index contributed by atoms with van der Waals surface area (Å²) >= 11 is 0. The van der Waals surface area contributed by atoms with Crippen LogP contribution >= 0.6 is 0 Å². The first-order chi connectivity index (χ1) is 16.1. The minimum atomic E-state index is -0.0484. The van der Waals surface area contributed by atoms with E-state index < -0.39 is 0 Å². The Balaban J connectivity index is 1.45. The van der Waals surface area contributed by atoms with Crippen LogP contribution in [0.5, 0.6) is 5.75 Å². The van der Waals surface area contributed by atoms with Crippen molar-refractivity contribution in [1.82, 2.24) is 20.2 Å². The van der Waals surface area contributed by atoms with Gasteiger partial charge in [-0.25, -0.2) is 4.68 Å². The highest BCUT2D eigenvalue weighted by Gasteiger charge is 2.35. The van der Waals surface area contributed by atoms with Crippen molar-refractivity contribution >= 4 is 17.1 Å². The molecule has 6 rings (SSSR count). The van der Waals surface area contributed by atoms with Crippen LogP contribution in [0.1, 0.15) is 30.0 Å². The molecule has 0 bridgehead atoms. The fraction of sp³-hybridized carbons (Fsp3) is 0.333. The molecule has 4 aliphatic heterocycles. The average molecular weight is 447 g/mol. The van der Waals surface area contributed by atoms with Gasteiger partial charge in [-0.3, -0.25) is 20.2 Å². The molecule has 33 heavy (non-hydrogen) atoms. The fourth-order valence-corrected chi connectivity index (χ4v) is 4.87. The number of nitrogens with zero attached hydrogens (tertiary/aromatic N) is 4. The maximum atomic E-state index is 13.5. The van der Waals surface area contributed by atoms with Gasteiger partial charge in [0.15, 0.2) is 0 Å². The fourth-order valence-electron chi connectivity index (χ4n) is 4.87. The zero-order valence-electron chi connectivity index (χ0n) is 18.7. The van der Waals surface area contributed by atoms with E-state index in [9.17, 15) is 4.79 Å². The summed E-state index contributed by atoms with van der Waals surface area (Å²) in [5, 5.41) is 8.77. The second kappa shape index (κ2) is 7.70. The Morgan fingerprint density at radius 2 is 1.91 bits per heavy atom. The van der Waals surface area contributed by atoms with Gasteiger partial charge < -0.3 is 14.9 Å². The van der Waals surface area contributed by atoms with Crippen LogP contribution in [0, 0.1) is 0 Å². The summed E-state index contributed by atoms with van der Waals surface area (Å²) in [5.74, 6) is 0.830. The number of fused-ring (bicyclic) bond motifs is 2. The van der Waals surface area contributed by atoms with Crippen LogP contribution in [0.25, 0.3) is 17.0 Å². The molecule has 1 aromatic rings. The van der Waals surface area contributed by atoms with Crippen LogP contribution in [0.2, 0.25) is 0 Å². The van der Waals surface area contributed by atoms with Crippen molar-refractivity contribution in [3.05, 3.63) is 64.1 Å². The predicted octanol–water partition coefficient (Wildman–Crippen LogP) is 2.80. The normalized spacial score (nSPS) is 17.5. The van der Waals surface area contributed by atoms with Crippen molar-refractivity contribution in [2.75, 3.05) is 37.8 Å². The number of hydrogen-bond acceptors (Lipinski definition) is 8. The van der Waals surface area contributed by atoms with Crippen LogP contribution in [0.4, 0.5) is 11.4 Å². The smallest absolute Gasteiger partial charge is 0.278 e. The number of aromatic nitrogens is 2. The molecular formula is C24H26N6O3. The van der Waals surface area contributed by atoms with Crippen LogP contribution in [0.15, 0.2) is 47.4 Å². The number of ether oxygens (including phenoxy) is 2. The molecule has 1 fully saturated rings. The largest absolute Gasteiger partial charge is 0.497 e. The van der Waals surface area contributed by atoms with Gasteiger partial charge in [-0.15, -0.1) is 0 Å². The molecule has 9 heteroatoms. The van der Waals surface area contributed by atoms with Crippen molar-refractivity contribution < 1.29 is 9.47 Å². The van der Waals surface area contributed by atoms with Crippen molar-refractivity contribution in [2.24, 2.45) is 0 Å². The topological polar surface area (TPSA) is 83.9 Å². The van der Waals surface area contributed by atoms with Crippen LogP contribution in [-0.2, 0) is 11.3 Å². The molecule has 0 spiro atoms. The summed E-state index contributed by atoms with van der Waals surface area (Å²) in [6.45, 7) is 1.98. The quantitative estimate of drug-likeness (QED) is 0.633.